The number of halogens is 1. The molecule has 0 atom stereocenters. The molecule has 0 saturated heterocycles. The van der Waals surface area contributed by atoms with E-state index in [1.54, 1.807) is 6.92 Å². The van der Waals surface area contributed by atoms with Gasteiger partial charge in [0.25, 0.3) is 0 Å². The molecule has 0 aliphatic rings. The molecule has 0 spiro atoms. The lowest BCUT2D eigenvalue weighted by Crippen LogP contribution is -2.04. The van der Waals surface area contributed by atoms with Crippen LogP contribution < -0.4 is 0 Å². The third-order valence-electron chi connectivity index (χ3n) is 0.629. The summed E-state index contributed by atoms with van der Waals surface area (Å²) in [5.74, 6) is -0.345. The molecule has 0 unspecified atom stereocenters. The van der Waals surface area contributed by atoms with E-state index in [2.05, 4.69) is 4.74 Å². The number of carbonyl (C=O) groups excluding carboxylic acids is 1. The van der Waals surface area contributed by atoms with Crippen LogP contribution in [-0.4, -0.2) is 19.3 Å². The van der Waals surface area contributed by atoms with Crippen molar-refractivity contribution in [3.63, 3.8) is 0 Å². The van der Waals surface area contributed by atoms with E-state index >= 15 is 0 Å². The summed E-state index contributed by atoms with van der Waals surface area (Å²) < 4.78 is 15.5. The zero-order valence-electron chi connectivity index (χ0n) is 4.82. The average Bonchev–Trinajstić information content (AvgIpc) is 1.83. The first-order valence-electron chi connectivity index (χ1n) is 2.52. The summed E-state index contributed by atoms with van der Waals surface area (Å²) in [6.07, 6.45) is 0.319. The quantitative estimate of drug-likeness (QED) is 0.517. The fraction of sp³-hybridized carbons (Fsp3) is 0.800. The Bertz CT molecular complexity index is 72.8. The minimum Gasteiger partial charge on any atom is -0.463 e. The van der Waals surface area contributed by atoms with Crippen molar-refractivity contribution in [3.05, 3.63) is 0 Å². The molecule has 0 aromatic heterocycles. The van der Waals surface area contributed by atoms with Gasteiger partial charge in [-0.2, -0.15) is 0 Å². The molecule has 48 valence electrons. The minimum absolute atomic E-state index is 0.104. The van der Waals surface area contributed by atoms with Gasteiger partial charge in [0.2, 0.25) is 0 Å². The van der Waals surface area contributed by atoms with Crippen LogP contribution in [0.2, 0.25) is 0 Å². The molecule has 0 rings (SSSR count). The second kappa shape index (κ2) is 4.56. The molecular formula is C5H9FO2. The number of alkyl halides is 1. The van der Waals surface area contributed by atoms with Crippen LogP contribution in [0.4, 0.5) is 4.39 Å². The van der Waals surface area contributed by atoms with Gasteiger partial charge in [-0.25, -0.2) is 4.39 Å². The first-order chi connectivity index (χ1) is 3.81. The lowest BCUT2D eigenvalue weighted by atomic mass is 10.5. The van der Waals surface area contributed by atoms with Crippen LogP contribution in [0.5, 0.6) is 0 Å². The first kappa shape index (κ1) is 7.40. The van der Waals surface area contributed by atoms with Crippen LogP contribution in [0, 0.1) is 0 Å². The van der Waals surface area contributed by atoms with Gasteiger partial charge >= 0.3 is 5.97 Å². The molecule has 0 amide bonds. The second-order valence-electron chi connectivity index (χ2n) is 1.26. The fourth-order valence-corrected chi connectivity index (χ4v) is 0.254. The molecule has 0 aliphatic carbocycles. The Morgan fingerprint density at radius 1 is 1.75 bits per heavy atom. The number of hydrogen-bond acceptors (Lipinski definition) is 2. The Morgan fingerprint density at radius 3 is 2.75 bits per heavy atom. The van der Waals surface area contributed by atoms with Gasteiger partial charge in [-0.15, -0.1) is 0 Å². The highest BCUT2D eigenvalue weighted by Gasteiger charge is 1.94. The Morgan fingerprint density at radius 2 is 2.38 bits per heavy atom. The van der Waals surface area contributed by atoms with Gasteiger partial charge in [0.15, 0.2) is 0 Å². The summed E-state index contributed by atoms with van der Waals surface area (Å²) in [5.41, 5.74) is 0. The van der Waals surface area contributed by atoms with E-state index in [1.165, 1.54) is 0 Å². The molecule has 0 aliphatic heterocycles. The molecule has 0 aromatic rings. The Balaban J connectivity index is 2.99. The number of hydrogen-bond donors (Lipinski definition) is 0. The summed E-state index contributed by atoms with van der Waals surface area (Å²) >= 11 is 0. The smallest absolute Gasteiger partial charge is 0.305 e. The summed E-state index contributed by atoms with van der Waals surface area (Å²) in [6, 6.07) is 0. The van der Waals surface area contributed by atoms with Crippen molar-refractivity contribution in [2.24, 2.45) is 0 Å². The van der Waals surface area contributed by atoms with Gasteiger partial charge in [-0.1, -0.05) is 6.92 Å². The van der Waals surface area contributed by atoms with E-state index in [4.69, 9.17) is 0 Å². The third kappa shape index (κ3) is 3.59. The molecule has 0 radical (unpaired) electrons. The van der Waals surface area contributed by atoms with E-state index in [0.29, 0.717) is 6.42 Å². The number of ether oxygens (including phenoxy) is 1. The number of carbonyl (C=O) groups is 1. The standard InChI is InChI=1S/C5H9FO2/c1-2-5(7)8-4-3-6/h2-4H2,1H3. The van der Waals surface area contributed by atoms with Crippen LogP contribution in [-0.2, 0) is 9.53 Å². The minimum atomic E-state index is -0.592. The van der Waals surface area contributed by atoms with Crippen molar-refractivity contribution in [1.82, 2.24) is 0 Å². The lowest BCUT2D eigenvalue weighted by molar-refractivity contribution is -0.143. The summed E-state index contributed by atoms with van der Waals surface area (Å²) in [7, 11) is 0. The van der Waals surface area contributed by atoms with Crippen molar-refractivity contribution in [2.75, 3.05) is 13.3 Å². The largest absolute Gasteiger partial charge is 0.463 e. The normalized spacial score (nSPS) is 8.75. The molecule has 0 heterocycles. The molecule has 3 heteroatoms. The van der Waals surface area contributed by atoms with Crippen LogP contribution in [0.25, 0.3) is 0 Å². The molecule has 0 aromatic carbocycles. The van der Waals surface area contributed by atoms with Crippen molar-refractivity contribution >= 4 is 5.97 Å². The van der Waals surface area contributed by atoms with E-state index in [0.717, 1.165) is 0 Å². The van der Waals surface area contributed by atoms with Crippen molar-refractivity contribution in [2.45, 2.75) is 13.3 Å². The summed E-state index contributed by atoms with van der Waals surface area (Å²) in [5, 5.41) is 0. The summed E-state index contributed by atoms with van der Waals surface area (Å²) in [4.78, 5) is 10.2. The highest BCUT2D eigenvalue weighted by atomic mass is 19.1. The van der Waals surface area contributed by atoms with Crippen molar-refractivity contribution in [3.8, 4) is 0 Å². The maximum Gasteiger partial charge on any atom is 0.305 e. The molecule has 8 heavy (non-hydrogen) atoms. The van der Waals surface area contributed by atoms with Gasteiger partial charge in [0.1, 0.15) is 13.3 Å². The topological polar surface area (TPSA) is 26.3 Å². The number of rotatable bonds is 3. The fourth-order valence-electron chi connectivity index (χ4n) is 0.254. The van der Waals surface area contributed by atoms with Crippen LogP contribution >= 0.6 is 0 Å². The van der Waals surface area contributed by atoms with E-state index in [1.807, 2.05) is 0 Å². The molecule has 0 bridgehead atoms. The van der Waals surface area contributed by atoms with E-state index in [-0.39, 0.29) is 12.6 Å². The zero-order valence-corrected chi connectivity index (χ0v) is 4.82. The van der Waals surface area contributed by atoms with Crippen molar-refractivity contribution in [1.29, 1.82) is 0 Å². The maximum atomic E-state index is 11.2. The lowest BCUT2D eigenvalue weighted by Gasteiger charge is -1.95. The predicted octanol–water partition coefficient (Wildman–Crippen LogP) is 0.909. The van der Waals surface area contributed by atoms with Crippen LogP contribution in [0.3, 0.4) is 0 Å². The maximum absolute atomic E-state index is 11.2. The van der Waals surface area contributed by atoms with Gasteiger partial charge in [-0.05, 0) is 0 Å². The van der Waals surface area contributed by atoms with E-state index < -0.39 is 6.67 Å². The third-order valence-corrected chi connectivity index (χ3v) is 0.629. The van der Waals surface area contributed by atoms with Crippen LogP contribution in [0.1, 0.15) is 13.3 Å². The zero-order chi connectivity index (χ0) is 6.41. The average molecular weight is 120 g/mol. The highest BCUT2D eigenvalue weighted by Crippen LogP contribution is 1.82. The highest BCUT2D eigenvalue weighted by molar-refractivity contribution is 5.68. The van der Waals surface area contributed by atoms with Gasteiger partial charge < -0.3 is 4.74 Å². The molecule has 0 N–H and O–H groups in total. The number of esters is 1. The monoisotopic (exact) mass is 120 g/mol. The van der Waals surface area contributed by atoms with Gasteiger partial charge in [0.05, 0.1) is 0 Å². The van der Waals surface area contributed by atoms with Gasteiger partial charge in [0, 0.05) is 6.42 Å². The molecule has 0 fully saturated rings. The van der Waals surface area contributed by atoms with Gasteiger partial charge in [-0.3, -0.25) is 4.79 Å². The van der Waals surface area contributed by atoms with Crippen molar-refractivity contribution < 1.29 is 13.9 Å². The predicted molar refractivity (Wildman–Crippen MR) is 27.2 cm³/mol. The first-order valence-corrected chi connectivity index (χ1v) is 2.52. The molecular weight excluding hydrogens is 111 g/mol. The Labute approximate surface area is 47.6 Å². The second-order valence-corrected chi connectivity index (χ2v) is 1.26. The Hall–Kier alpha value is -0.600. The Kier molecular flexibility index (Phi) is 4.21. The summed E-state index contributed by atoms with van der Waals surface area (Å²) in [6.45, 7) is 0.971. The molecule has 0 saturated carbocycles. The van der Waals surface area contributed by atoms with E-state index in [9.17, 15) is 9.18 Å². The molecule has 2 nitrogen and oxygen atoms in total. The SMILES string of the molecule is CCC(=O)OCCF. The van der Waals surface area contributed by atoms with Crippen LogP contribution in [0.15, 0.2) is 0 Å².